The standard InChI is InChI=1S/C23H21ClN2O3S/c1-29-16-7-4-14(5-8-16)15-6-9-17-18(11-15)30-21(20(17)24)22(28)26-12-23(13-26)10-2-3-19(27)25-23/h4-9,11H,2-3,10,12-13H2,1H3,(H,25,27). The normalized spacial score (nSPS) is 17.7. The Labute approximate surface area is 183 Å². The molecule has 0 atom stereocenters. The first-order valence-electron chi connectivity index (χ1n) is 9.95. The molecule has 3 aromatic rings. The minimum Gasteiger partial charge on any atom is -0.497 e. The van der Waals surface area contributed by atoms with Crippen LogP contribution in [0.25, 0.3) is 21.2 Å². The highest BCUT2D eigenvalue weighted by Crippen LogP contribution is 2.40. The fraction of sp³-hybridized carbons (Fsp3) is 0.304. The Hall–Kier alpha value is -2.57. The van der Waals surface area contributed by atoms with Crippen LogP contribution >= 0.6 is 22.9 Å². The number of methoxy groups -OCH3 is 1. The first kappa shape index (κ1) is 19.4. The van der Waals surface area contributed by atoms with Gasteiger partial charge in [0.1, 0.15) is 10.6 Å². The summed E-state index contributed by atoms with van der Waals surface area (Å²) < 4.78 is 6.21. The van der Waals surface area contributed by atoms with Crippen LogP contribution in [0.1, 0.15) is 28.9 Å². The maximum atomic E-state index is 13.1. The number of carbonyl (C=O) groups is 2. The molecule has 5 nitrogen and oxygen atoms in total. The van der Waals surface area contributed by atoms with Crippen molar-refractivity contribution in [2.45, 2.75) is 24.8 Å². The molecule has 2 aliphatic heterocycles. The highest BCUT2D eigenvalue weighted by Gasteiger charge is 2.48. The zero-order chi connectivity index (χ0) is 20.9. The third-order valence-electron chi connectivity index (χ3n) is 5.99. The molecular weight excluding hydrogens is 420 g/mol. The summed E-state index contributed by atoms with van der Waals surface area (Å²) in [5, 5.41) is 4.47. The van der Waals surface area contributed by atoms with Crippen LogP contribution in [0.15, 0.2) is 42.5 Å². The number of hydrogen-bond donors (Lipinski definition) is 1. The molecule has 1 N–H and O–H groups in total. The Bertz CT molecular complexity index is 1150. The van der Waals surface area contributed by atoms with E-state index in [-0.39, 0.29) is 17.4 Å². The van der Waals surface area contributed by atoms with Crippen molar-refractivity contribution >= 4 is 44.8 Å². The maximum absolute atomic E-state index is 13.1. The molecule has 2 aliphatic rings. The number of thiophene rings is 1. The molecular formula is C23H21ClN2O3S. The third-order valence-corrected chi connectivity index (χ3v) is 7.63. The summed E-state index contributed by atoms with van der Waals surface area (Å²) in [5.41, 5.74) is 1.90. The summed E-state index contributed by atoms with van der Waals surface area (Å²) in [7, 11) is 1.65. The highest BCUT2D eigenvalue weighted by molar-refractivity contribution is 7.21. The van der Waals surface area contributed by atoms with Crippen molar-refractivity contribution in [1.82, 2.24) is 10.2 Å². The number of rotatable bonds is 3. The number of halogens is 1. The summed E-state index contributed by atoms with van der Waals surface area (Å²) in [6, 6.07) is 14.0. The summed E-state index contributed by atoms with van der Waals surface area (Å²) in [6.45, 7) is 1.11. The van der Waals surface area contributed by atoms with E-state index in [9.17, 15) is 9.59 Å². The van der Waals surface area contributed by atoms with Crippen molar-refractivity contribution in [3.05, 3.63) is 52.4 Å². The average molecular weight is 441 g/mol. The van der Waals surface area contributed by atoms with Crippen LogP contribution in [0.2, 0.25) is 5.02 Å². The molecule has 0 radical (unpaired) electrons. The molecule has 2 aromatic carbocycles. The van der Waals surface area contributed by atoms with Gasteiger partial charge in [-0.25, -0.2) is 0 Å². The Kier molecular flexibility index (Phi) is 4.71. The predicted octanol–water partition coefficient (Wildman–Crippen LogP) is 4.73. The van der Waals surface area contributed by atoms with E-state index in [0.29, 0.717) is 29.4 Å². The van der Waals surface area contributed by atoms with Gasteiger partial charge in [-0.05, 0) is 42.2 Å². The van der Waals surface area contributed by atoms with Gasteiger partial charge in [-0.15, -0.1) is 11.3 Å². The average Bonchev–Trinajstić information content (AvgIpc) is 3.07. The third kappa shape index (κ3) is 3.24. The molecule has 1 spiro atoms. The number of amides is 2. The zero-order valence-corrected chi connectivity index (χ0v) is 18.1. The number of benzene rings is 2. The zero-order valence-electron chi connectivity index (χ0n) is 16.5. The van der Waals surface area contributed by atoms with Crippen LogP contribution in [0.3, 0.4) is 0 Å². The number of likely N-dealkylation sites (tertiary alicyclic amines) is 1. The number of hydrogen-bond acceptors (Lipinski definition) is 4. The van der Waals surface area contributed by atoms with Gasteiger partial charge in [0, 0.05) is 29.6 Å². The Balaban J connectivity index is 1.39. The van der Waals surface area contributed by atoms with Gasteiger partial charge in [0.15, 0.2) is 0 Å². The van der Waals surface area contributed by atoms with Crippen LogP contribution in [0.4, 0.5) is 0 Å². The SMILES string of the molecule is COc1ccc(-c2ccc3c(Cl)c(C(=O)N4CC5(CCCC(=O)N5)C4)sc3c2)cc1. The van der Waals surface area contributed by atoms with E-state index in [4.69, 9.17) is 16.3 Å². The second-order valence-electron chi connectivity index (χ2n) is 8.03. The quantitative estimate of drug-likeness (QED) is 0.640. The number of fused-ring (bicyclic) bond motifs is 1. The van der Waals surface area contributed by atoms with Crippen molar-refractivity contribution in [2.24, 2.45) is 0 Å². The summed E-state index contributed by atoms with van der Waals surface area (Å²) >= 11 is 8.02. The van der Waals surface area contributed by atoms with E-state index in [1.165, 1.54) is 11.3 Å². The first-order chi connectivity index (χ1) is 14.5. The topological polar surface area (TPSA) is 58.6 Å². The Morgan fingerprint density at radius 2 is 1.90 bits per heavy atom. The molecule has 0 saturated carbocycles. The molecule has 0 bridgehead atoms. The molecule has 5 rings (SSSR count). The lowest BCUT2D eigenvalue weighted by Gasteiger charge is -2.52. The van der Waals surface area contributed by atoms with Crippen LogP contribution in [0.5, 0.6) is 5.75 Å². The van der Waals surface area contributed by atoms with Crippen LogP contribution in [0, 0.1) is 0 Å². The van der Waals surface area contributed by atoms with Crippen LogP contribution in [-0.2, 0) is 4.79 Å². The number of ether oxygens (including phenoxy) is 1. The lowest BCUT2D eigenvalue weighted by Crippen LogP contribution is -2.72. The van der Waals surface area contributed by atoms with Gasteiger partial charge in [-0.3, -0.25) is 9.59 Å². The number of carbonyl (C=O) groups excluding carboxylic acids is 2. The van der Waals surface area contributed by atoms with Crippen LogP contribution in [-0.4, -0.2) is 42.5 Å². The largest absolute Gasteiger partial charge is 0.497 e. The van der Waals surface area contributed by atoms with E-state index >= 15 is 0 Å². The number of nitrogens with zero attached hydrogens (tertiary/aromatic N) is 1. The van der Waals surface area contributed by atoms with E-state index in [1.807, 2.05) is 36.4 Å². The van der Waals surface area contributed by atoms with Gasteiger partial charge in [0.2, 0.25) is 5.91 Å². The van der Waals surface area contributed by atoms with E-state index in [1.54, 1.807) is 12.0 Å². The maximum Gasteiger partial charge on any atom is 0.265 e. The van der Waals surface area contributed by atoms with Gasteiger partial charge in [-0.1, -0.05) is 35.9 Å². The minimum absolute atomic E-state index is 0.0577. The Morgan fingerprint density at radius 1 is 1.17 bits per heavy atom. The van der Waals surface area contributed by atoms with E-state index in [0.717, 1.165) is 39.8 Å². The van der Waals surface area contributed by atoms with E-state index < -0.39 is 0 Å². The number of nitrogens with one attached hydrogen (secondary N) is 1. The summed E-state index contributed by atoms with van der Waals surface area (Å²) in [5.74, 6) is 0.838. The molecule has 0 unspecified atom stereocenters. The molecule has 1 aromatic heterocycles. The molecule has 30 heavy (non-hydrogen) atoms. The van der Waals surface area contributed by atoms with Crippen molar-refractivity contribution in [3.8, 4) is 16.9 Å². The Morgan fingerprint density at radius 3 is 2.60 bits per heavy atom. The van der Waals surface area contributed by atoms with Gasteiger partial charge >= 0.3 is 0 Å². The lowest BCUT2D eigenvalue weighted by atomic mass is 9.81. The fourth-order valence-electron chi connectivity index (χ4n) is 4.38. The minimum atomic E-state index is -0.240. The summed E-state index contributed by atoms with van der Waals surface area (Å²) in [6.07, 6.45) is 2.38. The molecule has 2 saturated heterocycles. The van der Waals surface area contributed by atoms with Crippen molar-refractivity contribution in [1.29, 1.82) is 0 Å². The van der Waals surface area contributed by atoms with E-state index in [2.05, 4.69) is 11.4 Å². The van der Waals surface area contributed by atoms with Crippen LogP contribution < -0.4 is 10.1 Å². The molecule has 7 heteroatoms. The molecule has 2 amide bonds. The van der Waals surface area contributed by atoms with Crippen molar-refractivity contribution < 1.29 is 14.3 Å². The number of piperidine rings is 1. The molecule has 2 fully saturated rings. The van der Waals surface area contributed by atoms with Gasteiger partial charge in [-0.2, -0.15) is 0 Å². The fourth-order valence-corrected chi connectivity index (χ4v) is 5.90. The molecule has 3 heterocycles. The van der Waals surface area contributed by atoms with Crippen molar-refractivity contribution in [2.75, 3.05) is 20.2 Å². The van der Waals surface area contributed by atoms with Gasteiger partial charge in [0.05, 0.1) is 17.7 Å². The highest BCUT2D eigenvalue weighted by atomic mass is 35.5. The van der Waals surface area contributed by atoms with Gasteiger partial charge in [0.25, 0.3) is 5.91 Å². The predicted molar refractivity (Wildman–Crippen MR) is 119 cm³/mol. The molecule has 154 valence electrons. The second-order valence-corrected chi connectivity index (χ2v) is 9.46. The van der Waals surface area contributed by atoms with Gasteiger partial charge < -0.3 is 15.0 Å². The van der Waals surface area contributed by atoms with Crippen molar-refractivity contribution in [3.63, 3.8) is 0 Å². The monoisotopic (exact) mass is 440 g/mol. The molecule has 0 aliphatic carbocycles. The lowest BCUT2D eigenvalue weighted by molar-refractivity contribution is -0.128. The second kappa shape index (κ2) is 7.29. The smallest absolute Gasteiger partial charge is 0.265 e. The first-order valence-corrected chi connectivity index (χ1v) is 11.1. The summed E-state index contributed by atoms with van der Waals surface area (Å²) in [4.78, 5) is 27.2.